The van der Waals surface area contributed by atoms with Crippen molar-refractivity contribution in [3.63, 3.8) is 0 Å². The zero-order valence-corrected chi connectivity index (χ0v) is 13.6. The van der Waals surface area contributed by atoms with Gasteiger partial charge >= 0.3 is 0 Å². The van der Waals surface area contributed by atoms with Gasteiger partial charge in [0.1, 0.15) is 5.69 Å². The first kappa shape index (κ1) is 14.8. The van der Waals surface area contributed by atoms with Crippen LogP contribution in [-0.2, 0) is 12.8 Å². The number of carbonyl (C=O) groups is 1. The molecule has 2 N–H and O–H groups in total. The molecule has 3 rings (SSSR count). The van der Waals surface area contributed by atoms with Gasteiger partial charge < -0.3 is 10.3 Å². The van der Waals surface area contributed by atoms with Crippen molar-refractivity contribution in [2.75, 3.05) is 6.54 Å². The molecule has 0 spiro atoms. The molecule has 22 heavy (non-hydrogen) atoms. The molecule has 0 aliphatic carbocycles. The fourth-order valence-corrected chi connectivity index (χ4v) is 3.18. The lowest BCUT2D eigenvalue weighted by Crippen LogP contribution is -2.26. The second-order valence-electron chi connectivity index (χ2n) is 5.37. The molecule has 3 aromatic rings. The van der Waals surface area contributed by atoms with Gasteiger partial charge in [0.25, 0.3) is 5.91 Å². The highest BCUT2D eigenvalue weighted by atomic mass is 32.1. The second kappa shape index (κ2) is 6.32. The molecule has 0 aliphatic rings. The van der Waals surface area contributed by atoms with Gasteiger partial charge in [-0.25, -0.2) is 4.98 Å². The van der Waals surface area contributed by atoms with Crippen LogP contribution in [-0.4, -0.2) is 22.4 Å². The zero-order valence-electron chi connectivity index (χ0n) is 12.8. The molecular weight excluding hydrogens is 294 g/mol. The normalized spacial score (nSPS) is 11.0. The van der Waals surface area contributed by atoms with E-state index in [2.05, 4.69) is 33.7 Å². The van der Waals surface area contributed by atoms with Crippen LogP contribution in [0, 0.1) is 6.92 Å². The van der Waals surface area contributed by atoms with E-state index in [4.69, 9.17) is 0 Å². The third kappa shape index (κ3) is 3.20. The van der Waals surface area contributed by atoms with Gasteiger partial charge in [0, 0.05) is 29.2 Å². The van der Waals surface area contributed by atoms with E-state index < -0.39 is 0 Å². The number of hydrogen-bond donors (Lipinski definition) is 2. The molecule has 1 aromatic carbocycles. The van der Waals surface area contributed by atoms with E-state index in [9.17, 15) is 4.79 Å². The van der Waals surface area contributed by atoms with Crippen LogP contribution in [0.15, 0.2) is 29.6 Å². The molecule has 0 fully saturated rings. The van der Waals surface area contributed by atoms with Gasteiger partial charge in [-0.2, -0.15) is 0 Å². The summed E-state index contributed by atoms with van der Waals surface area (Å²) in [5.41, 5.74) is 3.83. The van der Waals surface area contributed by atoms with E-state index in [0.717, 1.165) is 34.4 Å². The molecule has 4 nitrogen and oxygen atoms in total. The maximum absolute atomic E-state index is 12.2. The number of amides is 1. The number of thiazole rings is 1. The van der Waals surface area contributed by atoms with Crippen molar-refractivity contribution in [3.05, 3.63) is 51.6 Å². The average molecular weight is 313 g/mol. The van der Waals surface area contributed by atoms with E-state index in [0.29, 0.717) is 12.2 Å². The van der Waals surface area contributed by atoms with Gasteiger partial charge in [-0.3, -0.25) is 4.79 Å². The summed E-state index contributed by atoms with van der Waals surface area (Å²) in [7, 11) is 0. The quantitative estimate of drug-likeness (QED) is 0.758. The van der Waals surface area contributed by atoms with Crippen LogP contribution in [0.3, 0.4) is 0 Å². The molecule has 0 atom stereocenters. The highest BCUT2D eigenvalue weighted by Crippen LogP contribution is 2.17. The Balaban J connectivity index is 1.60. The number of benzene rings is 1. The summed E-state index contributed by atoms with van der Waals surface area (Å²) in [5, 5.41) is 7.22. The predicted molar refractivity (Wildman–Crippen MR) is 90.6 cm³/mol. The first-order valence-corrected chi connectivity index (χ1v) is 8.34. The van der Waals surface area contributed by atoms with Crippen molar-refractivity contribution >= 4 is 28.1 Å². The van der Waals surface area contributed by atoms with Crippen LogP contribution >= 0.6 is 11.3 Å². The fraction of sp³-hybridized carbons (Fsp3) is 0.294. The van der Waals surface area contributed by atoms with Crippen LogP contribution in [0.25, 0.3) is 10.9 Å². The van der Waals surface area contributed by atoms with E-state index in [1.54, 1.807) is 11.3 Å². The third-order valence-electron chi connectivity index (χ3n) is 3.59. The number of hydrogen-bond acceptors (Lipinski definition) is 3. The standard InChI is InChI=1S/C17H19N3OS/c1-3-16-19-13(10-22-16)6-7-18-17(21)15-9-12-8-11(2)4-5-14(12)20-15/h4-5,8-10,20H,3,6-7H2,1-2H3,(H,18,21). The van der Waals surface area contributed by atoms with Gasteiger partial charge in [-0.15, -0.1) is 11.3 Å². The molecule has 0 saturated carbocycles. The number of H-pyrrole nitrogens is 1. The third-order valence-corrected chi connectivity index (χ3v) is 4.63. The van der Waals surface area contributed by atoms with Gasteiger partial charge in [-0.05, 0) is 31.5 Å². The van der Waals surface area contributed by atoms with E-state index in [1.165, 1.54) is 5.56 Å². The topological polar surface area (TPSA) is 57.8 Å². The molecule has 0 saturated heterocycles. The Morgan fingerprint density at radius 2 is 2.23 bits per heavy atom. The molecule has 2 heterocycles. The first-order valence-electron chi connectivity index (χ1n) is 7.46. The van der Waals surface area contributed by atoms with Crippen molar-refractivity contribution in [3.8, 4) is 0 Å². The van der Waals surface area contributed by atoms with Gasteiger partial charge in [0.15, 0.2) is 0 Å². The van der Waals surface area contributed by atoms with Crippen molar-refractivity contribution in [2.45, 2.75) is 26.7 Å². The van der Waals surface area contributed by atoms with Gasteiger partial charge in [-0.1, -0.05) is 18.6 Å². The Hall–Kier alpha value is -2.14. The van der Waals surface area contributed by atoms with Gasteiger partial charge in [0.05, 0.1) is 10.7 Å². The van der Waals surface area contributed by atoms with Crippen molar-refractivity contribution in [1.29, 1.82) is 0 Å². The first-order chi connectivity index (χ1) is 10.7. The fourth-order valence-electron chi connectivity index (χ4n) is 2.40. The van der Waals surface area contributed by atoms with Crippen LogP contribution in [0.1, 0.15) is 33.7 Å². The van der Waals surface area contributed by atoms with Crippen molar-refractivity contribution in [1.82, 2.24) is 15.3 Å². The summed E-state index contributed by atoms with van der Waals surface area (Å²) in [4.78, 5) is 19.9. The predicted octanol–water partition coefficient (Wildman–Crippen LogP) is 3.47. The minimum absolute atomic E-state index is 0.0696. The molecular formula is C17H19N3OS. The van der Waals surface area contributed by atoms with Crippen LogP contribution in [0.2, 0.25) is 0 Å². The zero-order chi connectivity index (χ0) is 15.5. The number of rotatable bonds is 5. The monoisotopic (exact) mass is 313 g/mol. The number of fused-ring (bicyclic) bond motifs is 1. The maximum Gasteiger partial charge on any atom is 0.267 e. The lowest BCUT2D eigenvalue weighted by molar-refractivity contribution is 0.0950. The highest BCUT2D eigenvalue weighted by molar-refractivity contribution is 7.09. The molecule has 114 valence electrons. The van der Waals surface area contributed by atoms with E-state index >= 15 is 0 Å². The molecule has 0 unspecified atom stereocenters. The molecule has 0 bridgehead atoms. The number of carbonyl (C=O) groups excluding carboxylic acids is 1. The minimum atomic E-state index is -0.0696. The summed E-state index contributed by atoms with van der Waals surface area (Å²) in [6.45, 7) is 4.74. The second-order valence-corrected chi connectivity index (χ2v) is 6.31. The summed E-state index contributed by atoms with van der Waals surface area (Å²) < 4.78 is 0. The lowest BCUT2D eigenvalue weighted by atomic mass is 10.2. The summed E-state index contributed by atoms with van der Waals surface area (Å²) >= 11 is 1.68. The Kier molecular flexibility index (Phi) is 4.24. The Morgan fingerprint density at radius 1 is 1.36 bits per heavy atom. The van der Waals surface area contributed by atoms with Crippen LogP contribution in [0.5, 0.6) is 0 Å². The number of aromatic amines is 1. The summed E-state index contributed by atoms with van der Waals surface area (Å²) in [6.07, 6.45) is 1.73. The number of aryl methyl sites for hydroxylation is 2. The van der Waals surface area contributed by atoms with E-state index in [-0.39, 0.29) is 5.91 Å². The Bertz CT molecular complexity index is 803. The SMILES string of the molecule is CCc1nc(CCNC(=O)c2cc3cc(C)ccc3[nH]2)cs1. The Labute approximate surface area is 133 Å². The van der Waals surface area contributed by atoms with E-state index in [1.807, 2.05) is 25.1 Å². The molecule has 1 amide bonds. The highest BCUT2D eigenvalue weighted by Gasteiger charge is 2.09. The Morgan fingerprint density at radius 3 is 3.00 bits per heavy atom. The number of nitrogens with one attached hydrogen (secondary N) is 2. The lowest BCUT2D eigenvalue weighted by Gasteiger charge is -2.01. The molecule has 0 radical (unpaired) electrons. The average Bonchev–Trinajstić information content (AvgIpc) is 3.12. The van der Waals surface area contributed by atoms with Gasteiger partial charge in [0.2, 0.25) is 0 Å². The largest absolute Gasteiger partial charge is 0.351 e. The van der Waals surface area contributed by atoms with Crippen molar-refractivity contribution in [2.24, 2.45) is 0 Å². The maximum atomic E-state index is 12.2. The summed E-state index contributed by atoms with van der Waals surface area (Å²) in [5.74, 6) is -0.0696. The molecule has 5 heteroatoms. The summed E-state index contributed by atoms with van der Waals surface area (Å²) in [6, 6.07) is 8.01. The molecule has 0 aliphatic heterocycles. The van der Waals surface area contributed by atoms with Crippen molar-refractivity contribution < 1.29 is 4.79 Å². The molecule has 2 aromatic heterocycles. The van der Waals surface area contributed by atoms with Crippen LogP contribution in [0.4, 0.5) is 0 Å². The number of nitrogens with zero attached hydrogens (tertiary/aromatic N) is 1. The van der Waals surface area contributed by atoms with Crippen LogP contribution < -0.4 is 5.32 Å². The minimum Gasteiger partial charge on any atom is -0.351 e. The smallest absolute Gasteiger partial charge is 0.267 e. The number of aromatic nitrogens is 2.